The molecule has 10 heteroatoms. The molecule has 3 fully saturated rings. The quantitative estimate of drug-likeness (QED) is 0.190. The van der Waals surface area contributed by atoms with Crippen molar-refractivity contribution in [1.29, 1.82) is 0 Å². The van der Waals surface area contributed by atoms with Gasteiger partial charge in [-0.15, -0.1) is 0 Å². The first-order chi connectivity index (χ1) is 23.2. The van der Waals surface area contributed by atoms with E-state index in [9.17, 15) is 23.9 Å². The van der Waals surface area contributed by atoms with Crippen LogP contribution in [0.25, 0.3) is 0 Å². The number of amides is 4. The second-order valence-electron chi connectivity index (χ2n) is 12.8. The van der Waals surface area contributed by atoms with Gasteiger partial charge < -0.3 is 5.11 Å². The lowest BCUT2D eigenvalue weighted by Gasteiger charge is -2.50. The van der Waals surface area contributed by atoms with E-state index in [1.165, 1.54) is 35.2 Å². The summed E-state index contributed by atoms with van der Waals surface area (Å²) in [4.78, 5) is 59.0. The number of nitrogens with zero attached hydrogens (tertiary/aromatic N) is 2. The third-order valence-corrected chi connectivity index (χ3v) is 10.7. The molecule has 2 saturated heterocycles. The van der Waals surface area contributed by atoms with Crippen LogP contribution in [0.1, 0.15) is 29.9 Å². The van der Waals surface area contributed by atoms with E-state index in [4.69, 9.17) is 11.6 Å². The fraction of sp³-hybridized carbons (Fsp3) is 0.211. The van der Waals surface area contributed by atoms with Gasteiger partial charge in [0, 0.05) is 10.9 Å². The van der Waals surface area contributed by atoms with Crippen molar-refractivity contribution in [3.8, 4) is 5.75 Å². The van der Waals surface area contributed by atoms with E-state index in [0.717, 1.165) is 10.6 Å². The Bertz CT molecular complexity index is 2020. The third kappa shape index (κ3) is 4.34. The number of hydrazine groups is 1. The van der Waals surface area contributed by atoms with E-state index >= 15 is 4.79 Å². The van der Waals surface area contributed by atoms with Crippen LogP contribution < -0.4 is 10.3 Å². The minimum Gasteiger partial charge on any atom is -0.508 e. The first-order valence-electron chi connectivity index (χ1n) is 15.8. The number of rotatable bonds is 5. The van der Waals surface area contributed by atoms with Gasteiger partial charge in [0.2, 0.25) is 11.8 Å². The van der Waals surface area contributed by atoms with Crippen molar-refractivity contribution < 1.29 is 28.7 Å². The fourth-order valence-corrected chi connectivity index (χ4v) is 8.69. The third-order valence-electron chi connectivity index (χ3n) is 10.5. The highest BCUT2D eigenvalue weighted by molar-refractivity contribution is 6.30. The highest BCUT2D eigenvalue weighted by Crippen LogP contribution is 2.64. The predicted molar refractivity (Wildman–Crippen MR) is 176 cm³/mol. The number of hydrogen-bond donors (Lipinski definition) is 2. The van der Waals surface area contributed by atoms with Crippen LogP contribution in [-0.4, -0.2) is 33.7 Å². The van der Waals surface area contributed by atoms with E-state index in [2.05, 4.69) is 5.43 Å². The molecule has 8 nitrogen and oxygen atoms in total. The Morgan fingerprint density at radius 3 is 2.25 bits per heavy atom. The smallest absolute Gasteiger partial charge is 0.260 e. The number of fused-ring (bicyclic) bond motifs is 4. The van der Waals surface area contributed by atoms with Gasteiger partial charge >= 0.3 is 0 Å². The van der Waals surface area contributed by atoms with Crippen LogP contribution in [0, 0.1) is 29.5 Å². The largest absolute Gasteiger partial charge is 0.508 e. The number of anilines is 2. The van der Waals surface area contributed by atoms with E-state index in [1.807, 2.05) is 12.1 Å². The van der Waals surface area contributed by atoms with Crippen molar-refractivity contribution in [3.63, 3.8) is 0 Å². The molecule has 8 rings (SSSR count). The zero-order valence-electron chi connectivity index (χ0n) is 25.4. The summed E-state index contributed by atoms with van der Waals surface area (Å²) in [6, 6.07) is 27.6. The van der Waals surface area contributed by atoms with Gasteiger partial charge in [-0.3, -0.25) is 29.5 Å². The molecule has 2 N–H and O–H groups in total. The highest BCUT2D eigenvalue weighted by atomic mass is 35.5. The minimum atomic E-state index is -1.51. The number of phenolic OH excluding ortho intramolecular Hbond substituents is 1. The van der Waals surface area contributed by atoms with Crippen molar-refractivity contribution >= 4 is 46.6 Å². The number of benzene rings is 4. The molecule has 2 aliphatic carbocycles. The van der Waals surface area contributed by atoms with E-state index in [1.54, 1.807) is 66.7 Å². The summed E-state index contributed by atoms with van der Waals surface area (Å²) in [6.07, 6.45) is 2.36. The molecule has 0 radical (unpaired) electrons. The van der Waals surface area contributed by atoms with Gasteiger partial charge in [-0.25, -0.2) is 4.39 Å². The van der Waals surface area contributed by atoms with Crippen LogP contribution in [0.5, 0.6) is 5.75 Å². The maximum Gasteiger partial charge on any atom is 0.260 e. The van der Waals surface area contributed by atoms with Gasteiger partial charge in [0.1, 0.15) is 11.6 Å². The van der Waals surface area contributed by atoms with Crippen LogP contribution >= 0.6 is 11.6 Å². The fourth-order valence-electron chi connectivity index (χ4n) is 8.57. The number of phenols is 1. The molecular formula is C38H29ClFN3O5. The van der Waals surface area contributed by atoms with Crippen LogP contribution in [0.3, 0.4) is 0 Å². The van der Waals surface area contributed by atoms with Gasteiger partial charge in [0.15, 0.2) is 0 Å². The van der Waals surface area contributed by atoms with E-state index < -0.39 is 52.6 Å². The van der Waals surface area contributed by atoms with Gasteiger partial charge in [-0.2, -0.15) is 5.01 Å². The Morgan fingerprint density at radius 1 is 0.812 bits per heavy atom. The lowest BCUT2D eigenvalue weighted by Crippen LogP contribution is -2.53. The summed E-state index contributed by atoms with van der Waals surface area (Å²) in [7, 11) is 0. The monoisotopic (exact) mass is 661 g/mol. The number of carbonyl (C=O) groups is 4. The number of halogens is 2. The number of hydrogen-bond acceptors (Lipinski definition) is 6. The predicted octanol–water partition coefficient (Wildman–Crippen LogP) is 6.37. The van der Waals surface area contributed by atoms with Crippen LogP contribution in [0.15, 0.2) is 115 Å². The maximum atomic E-state index is 15.1. The van der Waals surface area contributed by atoms with Crippen molar-refractivity contribution in [2.45, 2.75) is 24.2 Å². The molecule has 4 aliphatic rings. The molecule has 4 amide bonds. The molecule has 0 spiro atoms. The Hall–Kier alpha value is -5.28. The van der Waals surface area contributed by atoms with Crippen molar-refractivity contribution in [2.75, 3.05) is 10.3 Å². The van der Waals surface area contributed by atoms with Crippen LogP contribution in [0.2, 0.25) is 5.02 Å². The topological polar surface area (TPSA) is 107 Å². The molecular weight excluding hydrogens is 633 g/mol. The molecule has 0 unspecified atom stereocenters. The standard InChI is InChI=1S/C38H29ClFN3O5/c39-23-11-9-22(10-12-23)38-31(35(46)43(37(38)48)41-25-15-13-24(40)14-16-25)20-30-28(33(38)21-5-4-8-27(44)19-21)17-18-29-32(30)36(47)42(34(29)45)26-6-2-1-3-7-26/h1-17,19,29-33,41,44H,18,20H2/t29-,30+,31-,32-,33-,38+/m0/s1. The molecule has 1 saturated carbocycles. The Kier molecular flexibility index (Phi) is 7.00. The zero-order valence-corrected chi connectivity index (χ0v) is 26.2. The molecule has 0 aromatic heterocycles. The molecule has 4 aromatic rings. The number of para-hydroxylation sites is 1. The van der Waals surface area contributed by atoms with Gasteiger partial charge in [0.25, 0.3) is 11.8 Å². The number of imide groups is 2. The van der Waals surface area contributed by atoms with Crippen molar-refractivity contribution in [3.05, 3.63) is 137 Å². The molecule has 0 bridgehead atoms. The lowest BCUT2D eigenvalue weighted by molar-refractivity contribution is -0.138. The summed E-state index contributed by atoms with van der Waals surface area (Å²) >= 11 is 6.32. The van der Waals surface area contributed by atoms with Crippen LogP contribution in [0.4, 0.5) is 15.8 Å². The lowest BCUT2D eigenvalue weighted by atomic mass is 9.49. The van der Waals surface area contributed by atoms with Crippen molar-refractivity contribution in [2.24, 2.45) is 23.7 Å². The molecule has 240 valence electrons. The number of allylic oxidation sites excluding steroid dienone is 2. The molecule has 2 heterocycles. The Labute approximate surface area is 280 Å². The van der Waals surface area contributed by atoms with Gasteiger partial charge in [-0.05, 0) is 90.6 Å². The zero-order chi connectivity index (χ0) is 33.3. The van der Waals surface area contributed by atoms with Crippen molar-refractivity contribution in [1.82, 2.24) is 5.01 Å². The SMILES string of the molecule is O=C1[C@@H]2C[C@@H]3C(=CC[C@@H]4C(=O)N(c5ccccc5)C(=O)[C@@H]43)[C@H](c3cccc(O)c3)[C@]2(c2ccc(Cl)cc2)C(=O)N1Nc1ccc(F)cc1. The first kappa shape index (κ1) is 30.1. The summed E-state index contributed by atoms with van der Waals surface area (Å²) in [6.45, 7) is 0. The number of aromatic hydroxyl groups is 1. The Morgan fingerprint density at radius 2 is 1.54 bits per heavy atom. The Balaban J connectivity index is 1.32. The molecule has 4 aromatic carbocycles. The molecule has 48 heavy (non-hydrogen) atoms. The average molecular weight is 662 g/mol. The second kappa shape index (κ2) is 11.2. The highest BCUT2D eigenvalue weighted by Gasteiger charge is 2.70. The summed E-state index contributed by atoms with van der Waals surface area (Å²) in [5, 5.41) is 12.1. The van der Waals surface area contributed by atoms with Gasteiger partial charge in [0.05, 0.1) is 34.5 Å². The summed E-state index contributed by atoms with van der Waals surface area (Å²) in [5.41, 5.74) is 4.15. The van der Waals surface area contributed by atoms with E-state index in [0.29, 0.717) is 27.5 Å². The first-order valence-corrected chi connectivity index (χ1v) is 16.2. The number of carbonyl (C=O) groups excluding carboxylic acids is 4. The summed E-state index contributed by atoms with van der Waals surface area (Å²) in [5.74, 6) is -5.84. The molecule has 2 aliphatic heterocycles. The van der Waals surface area contributed by atoms with Gasteiger partial charge in [-0.1, -0.05) is 65.7 Å². The second-order valence-corrected chi connectivity index (χ2v) is 13.3. The minimum absolute atomic E-state index is 0.0212. The summed E-state index contributed by atoms with van der Waals surface area (Å²) < 4.78 is 13.8. The maximum absolute atomic E-state index is 15.1. The van der Waals surface area contributed by atoms with Crippen LogP contribution in [-0.2, 0) is 24.6 Å². The normalized spacial score (nSPS) is 27.8. The number of nitrogens with one attached hydrogen (secondary N) is 1. The molecule has 6 atom stereocenters. The average Bonchev–Trinajstić information content (AvgIpc) is 3.47. The van der Waals surface area contributed by atoms with E-state index in [-0.39, 0.29) is 30.4 Å².